The highest BCUT2D eigenvalue weighted by Crippen LogP contribution is 2.27. The molecular formula is C19H21N3O5. The van der Waals surface area contributed by atoms with Gasteiger partial charge in [0.1, 0.15) is 5.69 Å². The number of hydrogen-bond donors (Lipinski definition) is 1. The Hall–Kier alpha value is -3.42. The summed E-state index contributed by atoms with van der Waals surface area (Å²) in [5.74, 6) is -1.30. The van der Waals surface area contributed by atoms with Crippen LogP contribution in [0.15, 0.2) is 36.4 Å². The van der Waals surface area contributed by atoms with Gasteiger partial charge in [0.2, 0.25) is 0 Å². The lowest BCUT2D eigenvalue weighted by Gasteiger charge is -2.13. The molecule has 0 saturated heterocycles. The van der Waals surface area contributed by atoms with Crippen LogP contribution >= 0.6 is 0 Å². The van der Waals surface area contributed by atoms with Crippen molar-refractivity contribution in [1.82, 2.24) is 0 Å². The second-order valence-electron chi connectivity index (χ2n) is 6.28. The van der Waals surface area contributed by atoms with E-state index >= 15 is 0 Å². The van der Waals surface area contributed by atoms with Gasteiger partial charge >= 0.3 is 5.97 Å². The van der Waals surface area contributed by atoms with Gasteiger partial charge in [-0.1, -0.05) is 6.07 Å². The number of carbonyl (C=O) groups is 2. The van der Waals surface area contributed by atoms with Crippen molar-refractivity contribution in [3.63, 3.8) is 0 Å². The molecule has 1 N–H and O–H groups in total. The van der Waals surface area contributed by atoms with Crippen molar-refractivity contribution in [3.8, 4) is 0 Å². The molecule has 0 aliphatic heterocycles. The molecule has 0 aromatic heterocycles. The molecule has 0 saturated carbocycles. The topological polar surface area (TPSA) is 102 Å². The third kappa shape index (κ3) is 5.04. The number of esters is 1. The number of carbonyl (C=O) groups excluding carboxylic acids is 2. The predicted molar refractivity (Wildman–Crippen MR) is 102 cm³/mol. The van der Waals surface area contributed by atoms with Gasteiger partial charge in [-0.25, -0.2) is 4.79 Å². The van der Waals surface area contributed by atoms with E-state index in [4.69, 9.17) is 4.74 Å². The molecule has 27 heavy (non-hydrogen) atoms. The third-order valence-corrected chi connectivity index (χ3v) is 4.02. The zero-order valence-corrected chi connectivity index (χ0v) is 15.6. The van der Waals surface area contributed by atoms with E-state index in [1.165, 1.54) is 12.1 Å². The fourth-order valence-corrected chi connectivity index (χ4v) is 2.36. The zero-order valence-electron chi connectivity index (χ0n) is 15.6. The average Bonchev–Trinajstić information content (AvgIpc) is 2.62. The van der Waals surface area contributed by atoms with Crippen LogP contribution < -0.4 is 10.2 Å². The van der Waals surface area contributed by atoms with E-state index in [9.17, 15) is 19.7 Å². The summed E-state index contributed by atoms with van der Waals surface area (Å²) in [6.07, 6.45) is 0. The van der Waals surface area contributed by atoms with Gasteiger partial charge in [0.15, 0.2) is 6.61 Å². The highest BCUT2D eigenvalue weighted by Gasteiger charge is 2.18. The van der Waals surface area contributed by atoms with Crippen LogP contribution in [0.25, 0.3) is 0 Å². The lowest BCUT2D eigenvalue weighted by Crippen LogP contribution is -2.21. The Kier molecular flexibility index (Phi) is 6.12. The Morgan fingerprint density at radius 3 is 2.44 bits per heavy atom. The molecule has 0 atom stereocenters. The number of rotatable bonds is 6. The third-order valence-electron chi connectivity index (χ3n) is 4.02. The number of amides is 1. The molecule has 1 amide bonds. The number of nitro benzene ring substituents is 1. The van der Waals surface area contributed by atoms with Gasteiger partial charge in [-0.2, -0.15) is 0 Å². The minimum Gasteiger partial charge on any atom is -0.452 e. The van der Waals surface area contributed by atoms with E-state index in [1.807, 2.05) is 25.1 Å². The minimum atomic E-state index is -0.654. The molecule has 2 aromatic rings. The van der Waals surface area contributed by atoms with Gasteiger partial charge in [0, 0.05) is 25.8 Å². The molecule has 8 heteroatoms. The van der Waals surface area contributed by atoms with E-state index in [0.29, 0.717) is 5.56 Å². The van der Waals surface area contributed by atoms with Gasteiger partial charge in [-0.3, -0.25) is 14.9 Å². The smallest absolute Gasteiger partial charge is 0.338 e. The number of aryl methyl sites for hydroxylation is 2. The van der Waals surface area contributed by atoms with Crippen LogP contribution in [0, 0.1) is 24.0 Å². The molecular weight excluding hydrogens is 350 g/mol. The first-order valence-corrected chi connectivity index (χ1v) is 8.19. The molecule has 0 fully saturated rings. The first-order chi connectivity index (χ1) is 12.7. The molecule has 2 rings (SSSR count). The molecule has 0 aliphatic rings. The summed E-state index contributed by atoms with van der Waals surface area (Å²) in [6.45, 7) is 2.99. The van der Waals surface area contributed by atoms with Crippen molar-refractivity contribution < 1.29 is 19.2 Å². The van der Waals surface area contributed by atoms with Crippen LogP contribution in [0.1, 0.15) is 21.5 Å². The Morgan fingerprint density at radius 2 is 1.81 bits per heavy atom. The van der Waals surface area contributed by atoms with Crippen LogP contribution in [0.3, 0.4) is 0 Å². The van der Waals surface area contributed by atoms with E-state index in [2.05, 4.69) is 5.32 Å². The second-order valence-corrected chi connectivity index (χ2v) is 6.28. The zero-order chi connectivity index (χ0) is 20.1. The summed E-state index contributed by atoms with van der Waals surface area (Å²) in [5, 5.41) is 13.6. The van der Waals surface area contributed by atoms with Gasteiger partial charge in [-0.15, -0.1) is 0 Å². The van der Waals surface area contributed by atoms with Crippen molar-refractivity contribution >= 4 is 28.9 Å². The summed E-state index contributed by atoms with van der Waals surface area (Å²) in [4.78, 5) is 36.6. The highest BCUT2D eigenvalue weighted by atomic mass is 16.6. The lowest BCUT2D eigenvalue weighted by molar-refractivity contribution is -0.384. The molecule has 0 aliphatic carbocycles. The Bertz CT molecular complexity index is 893. The molecule has 0 radical (unpaired) electrons. The normalized spacial score (nSPS) is 10.2. The minimum absolute atomic E-state index is 0.0683. The van der Waals surface area contributed by atoms with E-state index in [1.54, 1.807) is 32.0 Å². The maximum Gasteiger partial charge on any atom is 0.338 e. The number of nitrogens with zero attached hydrogens (tertiary/aromatic N) is 2. The van der Waals surface area contributed by atoms with Gasteiger partial charge in [-0.05, 0) is 49.2 Å². The summed E-state index contributed by atoms with van der Waals surface area (Å²) in [6, 6.07) is 9.69. The van der Waals surface area contributed by atoms with E-state index in [-0.39, 0.29) is 11.4 Å². The van der Waals surface area contributed by atoms with Crippen LogP contribution in [0.5, 0.6) is 0 Å². The van der Waals surface area contributed by atoms with Crippen LogP contribution in [0.2, 0.25) is 0 Å². The van der Waals surface area contributed by atoms with E-state index < -0.39 is 23.4 Å². The van der Waals surface area contributed by atoms with Crippen LogP contribution in [-0.2, 0) is 9.53 Å². The molecule has 0 bridgehead atoms. The Morgan fingerprint density at radius 1 is 1.15 bits per heavy atom. The molecule has 8 nitrogen and oxygen atoms in total. The van der Waals surface area contributed by atoms with Crippen LogP contribution in [-0.4, -0.2) is 37.5 Å². The van der Waals surface area contributed by atoms with Crippen molar-refractivity contribution in [1.29, 1.82) is 0 Å². The Balaban J connectivity index is 2.05. The SMILES string of the molecule is Cc1cc(NC(=O)COC(=O)c2cccc(N(C)C)c2)c([N+](=O)[O-])cc1C. The van der Waals surface area contributed by atoms with Crippen LogP contribution in [0.4, 0.5) is 17.1 Å². The number of nitrogens with one attached hydrogen (secondary N) is 1. The van der Waals surface area contributed by atoms with Gasteiger partial charge in [0.05, 0.1) is 10.5 Å². The fourth-order valence-electron chi connectivity index (χ4n) is 2.36. The maximum absolute atomic E-state index is 12.1. The van der Waals surface area contributed by atoms with Gasteiger partial charge in [0.25, 0.3) is 11.6 Å². The maximum atomic E-state index is 12.1. The lowest BCUT2D eigenvalue weighted by atomic mass is 10.1. The predicted octanol–water partition coefficient (Wildman–Crippen LogP) is 3.07. The largest absolute Gasteiger partial charge is 0.452 e. The number of ether oxygens (including phenoxy) is 1. The Labute approximate surface area is 156 Å². The summed E-state index contributed by atoms with van der Waals surface area (Å²) >= 11 is 0. The molecule has 2 aromatic carbocycles. The molecule has 0 heterocycles. The summed E-state index contributed by atoms with van der Waals surface area (Å²) < 4.78 is 5.01. The molecule has 0 unspecified atom stereocenters. The van der Waals surface area contributed by atoms with Crippen molar-refractivity contribution in [2.45, 2.75) is 13.8 Å². The number of nitro groups is 1. The first-order valence-electron chi connectivity index (χ1n) is 8.19. The number of anilines is 2. The average molecular weight is 371 g/mol. The standard InChI is InChI=1S/C19H21N3O5/c1-12-8-16(17(22(25)26)9-13(12)2)20-18(23)11-27-19(24)14-6-5-7-15(10-14)21(3)4/h5-10H,11H2,1-4H3,(H,20,23). The number of hydrogen-bond acceptors (Lipinski definition) is 6. The quantitative estimate of drug-likeness (QED) is 0.476. The monoisotopic (exact) mass is 371 g/mol. The van der Waals surface area contributed by atoms with Crippen molar-refractivity contribution in [2.75, 3.05) is 30.9 Å². The van der Waals surface area contributed by atoms with Crippen molar-refractivity contribution in [3.05, 3.63) is 63.2 Å². The molecule has 0 spiro atoms. The van der Waals surface area contributed by atoms with Gasteiger partial charge < -0.3 is 15.0 Å². The summed E-state index contributed by atoms with van der Waals surface area (Å²) in [7, 11) is 3.68. The summed E-state index contributed by atoms with van der Waals surface area (Å²) in [5.41, 5.74) is 2.53. The number of benzene rings is 2. The highest BCUT2D eigenvalue weighted by molar-refractivity contribution is 5.97. The van der Waals surface area contributed by atoms with Crippen molar-refractivity contribution in [2.24, 2.45) is 0 Å². The first kappa shape index (κ1) is 19.9. The fraction of sp³-hybridized carbons (Fsp3) is 0.263. The molecule has 142 valence electrons. The van der Waals surface area contributed by atoms with E-state index in [0.717, 1.165) is 16.8 Å². The second kappa shape index (κ2) is 8.31.